The van der Waals surface area contributed by atoms with Crippen LogP contribution in [0.2, 0.25) is 10.0 Å². The summed E-state index contributed by atoms with van der Waals surface area (Å²) in [5.41, 5.74) is 2.18. The van der Waals surface area contributed by atoms with Gasteiger partial charge in [-0.3, -0.25) is 4.90 Å². The summed E-state index contributed by atoms with van der Waals surface area (Å²) in [5.74, 6) is 0.879. The number of morpholine rings is 1. The maximum atomic E-state index is 6.11. The van der Waals surface area contributed by atoms with Gasteiger partial charge in [0.2, 0.25) is 0 Å². The van der Waals surface area contributed by atoms with E-state index in [-0.39, 0.29) is 6.10 Å². The lowest BCUT2D eigenvalue weighted by atomic mass is 10.1. The summed E-state index contributed by atoms with van der Waals surface area (Å²) in [4.78, 5) is 11.1. The van der Waals surface area contributed by atoms with E-state index in [1.54, 1.807) is 0 Å². The minimum atomic E-state index is 0.00866. The Kier molecular flexibility index (Phi) is 5.49. The van der Waals surface area contributed by atoms with Crippen LogP contribution in [-0.2, 0) is 17.7 Å². The molecule has 1 fully saturated rings. The number of hydrogen-bond donors (Lipinski definition) is 0. The summed E-state index contributed by atoms with van der Waals surface area (Å²) in [6.45, 7) is 5.28. The fourth-order valence-electron chi connectivity index (χ4n) is 2.66. The SMILES string of the molecule is CCc1ncc(CN2CCO[C@@H](c3ccc(Cl)c(Cl)c3)C2)cn1. The van der Waals surface area contributed by atoms with Crippen molar-refractivity contribution in [3.8, 4) is 0 Å². The van der Waals surface area contributed by atoms with Crippen LogP contribution in [0.3, 0.4) is 0 Å². The van der Waals surface area contributed by atoms with Gasteiger partial charge in [-0.25, -0.2) is 9.97 Å². The largest absolute Gasteiger partial charge is 0.371 e. The number of hydrogen-bond acceptors (Lipinski definition) is 4. The van der Waals surface area contributed by atoms with Gasteiger partial charge < -0.3 is 4.74 Å². The molecular formula is C17H19Cl2N3O. The maximum absolute atomic E-state index is 6.11. The molecule has 0 saturated carbocycles. The van der Waals surface area contributed by atoms with Crippen molar-refractivity contribution in [3.05, 3.63) is 57.6 Å². The summed E-state index contributed by atoms with van der Waals surface area (Å²) in [6, 6.07) is 5.68. The van der Waals surface area contributed by atoms with E-state index in [1.807, 2.05) is 30.6 Å². The molecule has 0 N–H and O–H groups in total. The Hall–Kier alpha value is -1.20. The summed E-state index contributed by atoms with van der Waals surface area (Å²) >= 11 is 12.1. The van der Waals surface area contributed by atoms with Crippen molar-refractivity contribution >= 4 is 23.2 Å². The molecule has 1 atom stereocenters. The van der Waals surface area contributed by atoms with Crippen LogP contribution in [0.5, 0.6) is 0 Å². The fourth-order valence-corrected chi connectivity index (χ4v) is 2.97. The van der Waals surface area contributed by atoms with Gasteiger partial charge in [-0.2, -0.15) is 0 Å². The monoisotopic (exact) mass is 351 g/mol. The molecule has 0 aliphatic carbocycles. The zero-order valence-electron chi connectivity index (χ0n) is 13.0. The van der Waals surface area contributed by atoms with Crippen molar-refractivity contribution < 1.29 is 4.74 Å². The first-order chi connectivity index (χ1) is 11.2. The average Bonchev–Trinajstić information content (AvgIpc) is 2.58. The molecule has 1 aliphatic rings. The van der Waals surface area contributed by atoms with Crippen molar-refractivity contribution in [2.24, 2.45) is 0 Å². The Morgan fingerprint density at radius 2 is 2.00 bits per heavy atom. The van der Waals surface area contributed by atoms with Crippen LogP contribution in [0.4, 0.5) is 0 Å². The van der Waals surface area contributed by atoms with E-state index in [0.717, 1.165) is 43.0 Å². The molecule has 0 bridgehead atoms. The molecule has 2 aromatic rings. The van der Waals surface area contributed by atoms with Crippen molar-refractivity contribution in [1.29, 1.82) is 0 Å². The van der Waals surface area contributed by atoms with Gasteiger partial charge in [0, 0.05) is 44.0 Å². The lowest BCUT2D eigenvalue weighted by molar-refractivity contribution is -0.0329. The molecule has 6 heteroatoms. The molecule has 3 rings (SSSR count). The topological polar surface area (TPSA) is 38.2 Å². The van der Waals surface area contributed by atoms with Crippen molar-refractivity contribution in [3.63, 3.8) is 0 Å². The Balaban J connectivity index is 1.66. The lowest BCUT2D eigenvalue weighted by Gasteiger charge is -2.33. The number of aryl methyl sites for hydroxylation is 1. The second kappa shape index (κ2) is 7.58. The molecule has 2 heterocycles. The highest BCUT2D eigenvalue weighted by molar-refractivity contribution is 6.42. The van der Waals surface area contributed by atoms with Gasteiger partial charge in [0.25, 0.3) is 0 Å². The molecule has 1 aromatic carbocycles. The van der Waals surface area contributed by atoms with Crippen LogP contribution in [0.1, 0.15) is 30.0 Å². The second-order valence-electron chi connectivity index (χ2n) is 5.63. The summed E-state index contributed by atoms with van der Waals surface area (Å²) in [5, 5.41) is 1.13. The Labute approximate surface area is 146 Å². The van der Waals surface area contributed by atoms with E-state index in [4.69, 9.17) is 27.9 Å². The predicted octanol–water partition coefficient (Wildman–Crippen LogP) is 3.92. The first-order valence-corrected chi connectivity index (χ1v) is 8.50. The Morgan fingerprint density at radius 1 is 1.22 bits per heavy atom. The number of ether oxygens (including phenoxy) is 1. The lowest BCUT2D eigenvalue weighted by Crippen LogP contribution is -2.37. The van der Waals surface area contributed by atoms with Crippen molar-refractivity contribution in [2.75, 3.05) is 19.7 Å². The summed E-state index contributed by atoms with van der Waals surface area (Å²) < 4.78 is 5.89. The van der Waals surface area contributed by atoms with Crippen LogP contribution in [-0.4, -0.2) is 34.6 Å². The number of halogens is 2. The Morgan fingerprint density at radius 3 is 2.70 bits per heavy atom. The van der Waals surface area contributed by atoms with E-state index in [2.05, 4.69) is 21.8 Å². The van der Waals surface area contributed by atoms with Gasteiger partial charge in [0.15, 0.2) is 0 Å². The van der Waals surface area contributed by atoms with Crippen LogP contribution in [0, 0.1) is 0 Å². The predicted molar refractivity (Wildman–Crippen MR) is 91.8 cm³/mol. The van der Waals surface area contributed by atoms with Crippen molar-refractivity contribution in [2.45, 2.75) is 26.0 Å². The summed E-state index contributed by atoms with van der Waals surface area (Å²) in [7, 11) is 0. The van der Waals surface area contributed by atoms with Gasteiger partial charge in [-0.15, -0.1) is 0 Å². The summed E-state index contributed by atoms with van der Waals surface area (Å²) in [6.07, 6.45) is 4.69. The highest BCUT2D eigenvalue weighted by Crippen LogP contribution is 2.29. The zero-order chi connectivity index (χ0) is 16.2. The van der Waals surface area contributed by atoms with Crippen LogP contribution >= 0.6 is 23.2 Å². The standard InChI is InChI=1S/C17H19Cl2N3O/c1-2-17-20-8-12(9-21-17)10-22-5-6-23-16(11-22)13-3-4-14(18)15(19)7-13/h3-4,7-9,16H,2,5-6,10-11H2,1H3/t16-/m1/s1. The van der Waals surface area contributed by atoms with Gasteiger partial charge >= 0.3 is 0 Å². The fraction of sp³-hybridized carbons (Fsp3) is 0.412. The normalized spacial score (nSPS) is 19.0. The van der Waals surface area contributed by atoms with Crippen LogP contribution in [0.25, 0.3) is 0 Å². The molecule has 1 aromatic heterocycles. The van der Waals surface area contributed by atoms with E-state index in [9.17, 15) is 0 Å². The molecule has 122 valence electrons. The molecule has 0 spiro atoms. The van der Waals surface area contributed by atoms with E-state index in [1.165, 1.54) is 0 Å². The van der Waals surface area contributed by atoms with Crippen molar-refractivity contribution in [1.82, 2.24) is 14.9 Å². The highest BCUT2D eigenvalue weighted by Gasteiger charge is 2.22. The van der Waals surface area contributed by atoms with E-state index >= 15 is 0 Å². The molecule has 1 aliphatic heterocycles. The van der Waals surface area contributed by atoms with Gasteiger partial charge in [0.05, 0.1) is 22.8 Å². The molecule has 0 amide bonds. The third-order valence-electron chi connectivity index (χ3n) is 3.95. The first-order valence-electron chi connectivity index (χ1n) is 7.74. The number of nitrogens with zero attached hydrogens (tertiary/aromatic N) is 3. The molecule has 0 radical (unpaired) electrons. The second-order valence-corrected chi connectivity index (χ2v) is 6.44. The highest BCUT2D eigenvalue weighted by atomic mass is 35.5. The molecule has 23 heavy (non-hydrogen) atoms. The molecular weight excluding hydrogens is 333 g/mol. The third-order valence-corrected chi connectivity index (χ3v) is 4.69. The zero-order valence-corrected chi connectivity index (χ0v) is 14.5. The number of benzene rings is 1. The number of rotatable bonds is 4. The van der Waals surface area contributed by atoms with Gasteiger partial charge in [-0.05, 0) is 17.7 Å². The Bertz CT molecular complexity index is 663. The van der Waals surface area contributed by atoms with E-state index < -0.39 is 0 Å². The van der Waals surface area contributed by atoms with E-state index in [0.29, 0.717) is 16.7 Å². The molecule has 1 saturated heterocycles. The first kappa shape index (κ1) is 16.7. The number of aromatic nitrogens is 2. The maximum Gasteiger partial charge on any atom is 0.127 e. The van der Waals surface area contributed by atoms with Crippen LogP contribution in [0.15, 0.2) is 30.6 Å². The minimum absolute atomic E-state index is 0.00866. The molecule has 4 nitrogen and oxygen atoms in total. The minimum Gasteiger partial charge on any atom is -0.371 e. The van der Waals surface area contributed by atoms with Gasteiger partial charge in [0.1, 0.15) is 5.82 Å². The quantitative estimate of drug-likeness (QED) is 0.836. The van der Waals surface area contributed by atoms with Crippen LogP contribution < -0.4 is 0 Å². The van der Waals surface area contributed by atoms with Gasteiger partial charge in [-0.1, -0.05) is 36.2 Å². The average molecular weight is 352 g/mol. The smallest absolute Gasteiger partial charge is 0.127 e. The third kappa shape index (κ3) is 4.21. The molecule has 0 unspecified atom stereocenters.